The molecule has 2 heterocycles. The maximum Gasteiger partial charge on any atom is 0.126 e. The summed E-state index contributed by atoms with van der Waals surface area (Å²) in [5, 5.41) is 0. The molecule has 2 rings (SSSR count). The fourth-order valence-corrected chi connectivity index (χ4v) is 2.68. The van der Waals surface area contributed by atoms with Gasteiger partial charge in [-0.3, -0.25) is 4.90 Å². The van der Waals surface area contributed by atoms with Crippen LogP contribution in [0.5, 0.6) is 0 Å². The van der Waals surface area contributed by atoms with Crippen LogP contribution in [-0.2, 0) is 0 Å². The smallest absolute Gasteiger partial charge is 0.126 e. The second kappa shape index (κ2) is 5.05. The summed E-state index contributed by atoms with van der Waals surface area (Å²) in [5.74, 6) is 1.38. The van der Waals surface area contributed by atoms with Gasteiger partial charge in [-0.25, -0.2) is 4.98 Å². The van der Waals surface area contributed by atoms with E-state index in [9.17, 15) is 0 Å². The molecule has 1 aliphatic heterocycles. The SMILES string of the molecule is Cc1cc([C@H]2CCCN2CC(C)C)cnc1N. The van der Waals surface area contributed by atoms with E-state index >= 15 is 0 Å². The molecule has 17 heavy (non-hydrogen) atoms. The molecule has 1 aliphatic rings. The molecule has 0 unspecified atom stereocenters. The van der Waals surface area contributed by atoms with Crippen molar-refractivity contribution in [1.29, 1.82) is 0 Å². The molecule has 0 amide bonds. The largest absolute Gasteiger partial charge is 0.383 e. The first-order valence-electron chi connectivity index (χ1n) is 6.54. The van der Waals surface area contributed by atoms with Crippen LogP contribution in [0.25, 0.3) is 0 Å². The van der Waals surface area contributed by atoms with Crippen LogP contribution in [0.2, 0.25) is 0 Å². The molecule has 1 fully saturated rings. The van der Waals surface area contributed by atoms with Crippen molar-refractivity contribution in [3.8, 4) is 0 Å². The highest BCUT2D eigenvalue weighted by Gasteiger charge is 2.26. The van der Waals surface area contributed by atoms with E-state index in [4.69, 9.17) is 5.73 Å². The summed E-state index contributed by atoms with van der Waals surface area (Å²) < 4.78 is 0. The van der Waals surface area contributed by atoms with E-state index in [-0.39, 0.29) is 0 Å². The van der Waals surface area contributed by atoms with E-state index in [2.05, 4.69) is 29.8 Å². The van der Waals surface area contributed by atoms with Crippen molar-refractivity contribution in [2.45, 2.75) is 39.7 Å². The molecule has 3 nitrogen and oxygen atoms in total. The Balaban J connectivity index is 2.17. The molecule has 0 aliphatic carbocycles. The Morgan fingerprint density at radius 1 is 1.53 bits per heavy atom. The maximum absolute atomic E-state index is 5.78. The van der Waals surface area contributed by atoms with Crippen LogP contribution in [0.3, 0.4) is 0 Å². The van der Waals surface area contributed by atoms with Gasteiger partial charge in [0.05, 0.1) is 0 Å². The topological polar surface area (TPSA) is 42.2 Å². The van der Waals surface area contributed by atoms with Crippen molar-refractivity contribution in [1.82, 2.24) is 9.88 Å². The van der Waals surface area contributed by atoms with E-state index in [0.717, 1.165) is 11.5 Å². The van der Waals surface area contributed by atoms with Gasteiger partial charge in [0.1, 0.15) is 5.82 Å². The van der Waals surface area contributed by atoms with Crippen molar-refractivity contribution in [2.24, 2.45) is 5.92 Å². The first kappa shape index (κ1) is 12.4. The predicted molar refractivity (Wildman–Crippen MR) is 71.8 cm³/mol. The molecule has 0 radical (unpaired) electrons. The standard InChI is InChI=1S/C14H23N3/c1-10(2)9-17-6-4-5-13(17)12-7-11(3)14(15)16-8-12/h7-8,10,13H,4-6,9H2,1-3H3,(H2,15,16)/t13-/m1/s1. The highest BCUT2D eigenvalue weighted by atomic mass is 15.2. The van der Waals surface area contributed by atoms with Crippen LogP contribution in [0.15, 0.2) is 12.3 Å². The molecular weight excluding hydrogens is 210 g/mol. The Kier molecular flexibility index (Phi) is 3.67. The third kappa shape index (κ3) is 2.78. The lowest BCUT2D eigenvalue weighted by Crippen LogP contribution is -2.27. The van der Waals surface area contributed by atoms with Crippen molar-refractivity contribution in [2.75, 3.05) is 18.8 Å². The van der Waals surface area contributed by atoms with Gasteiger partial charge in [-0.05, 0) is 49.4 Å². The summed E-state index contributed by atoms with van der Waals surface area (Å²) in [5.41, 5.74) is 8.20. The molecule has 0 spiro atoms. The molecule has 3 heteroatoms. The second-order valence-corrected chi connectivity index (χ2v) is 5.52. The zero-order valence-electron chi connectivity index (χ0n) is 11.1. The Morgan fingerprint density at radius 2 is 2.29 bits per heavy atom. The molecule has 0 saturated carbocycles. The highest BCUT2D eigenvalue weighted by Crippen LogP contribution is 2.32. The Labute approximate surface area is 104 Å². The van der Waals surface area contributed by atoms with Crippen LogP contribution >= 0.6 is 0 Å². The maximum atomic E-state index is 5.78. The van der Waals surface area contributed by atoms with Crippen LogP contribution in [0.1, 0.15) is 43.9 Å². The molecule has 1 aromatic heterocycles. The van der Waals surface area contributed by atoms with Gasteiger partial charge in [-0.2, -0.15) is 0 Å². The number of nitrogen functional groups attached to an aromatic ring is 1. The average Bonchev–Trinajstić information content (AvgIpc) is 2.69. The number of pyridine rings is 1. The minimum absolute atomic E-state index is 0.546. The van der Waals surface area contributed by atoms with Gasteiger partial charge in [0.15, 0.2) is 0 Å². The van der Waals surface area contributed by atoms with Crippen LogP contribution in [0.4, 0.5) is 5.82 Å². The number of hydrogen-bond acceptors (Lipinski definition) is 3. The van der Waals surface area contributed by atoms with Gasteiger partial charge >= 0.3 is 0 Å². The normalized spacial score (nSPS) is 21.3. The molecule has 1 aromatic rings. The third-order valence-electron chi connectivity index (χ3n) is 3.49. The highest BCUT2D eigenvalue weighted by molar-refractivity contribution is 5.40. The van der Waals surface area contributed by atoms with Crippen molar-refractivity contribution >= 4 is 5.82 Å². The number of anilines is 1. The van der Waals surface area contributed by atoms with Crippen molar-refractivity contribution < 1.29 is 0 Å². The molecule has 2 N–H and O–H groups in total. The number of nitrogens with zero attached hydrogens (tertiary/aromatic N) is 2. The lowest BCUT2D eigenvalue weighted by molar-refractivity contribution is 0.228. The molecule has 1 atom stereocenters. The van der Waals surface area contributed by atoms with Crippen molar-refractivity contribution in [3.05, 3.63) is 23.4 Å². The first-order valence-corrected chi connectivity index (χ1v) is 6.54. The summed E-state index contributed by atoms with van der Waals surface area (Å²) in [6, 6.07) is 2.75. The number of aryl methyl sites for hydroxylation is 1. The monoisotopic (exact) mass is 233 g/mol. The van der Waals surface area contributed by atoms with Gasteiger partial charge in [0, 0.05) is 18.8 Å². The zero-order valence-corrected chi connectivity index (χ0v) is 11.1. The van der Waals surface area contributed by atoms with Gasteiger partial charge < -0.3 is 5.73 Å². The van der Waals surface area contributed by atoms with Gasteiger partial charge in [-0.15, -0.1) is 0 Å². The quantitative estimate of drug-likeness (QED) is 0.873. The van der Waals surface area contributed by atoms with E-state index in [1.165, 1.54) is 31.5 Å². The molecule has 0 aromatic carbocycles. The summed E-state index contributed by atoms with van der Waals surface area (Å²) >= 11 is 0. The predicted octanol–water partition coefficient (Wildman–Crippen LogP) is 2.77. The van der Waals surface area contributed by atoms with Gasteiger partial charge in [0.2, 0.25) is 0 Å². The summed E-state index contributed by atoms with van der Waals surface area (Å²) in [6.07, 6.45) is 4.49. The molecule has 1 saturated heterocycles. The lowest BCUT2D eigenvalue weighted by Gasteiger charge is -2.26. The van der Waals surface area contributed by atoms with Gasteiger partial charge in [-0.1, -0.05) is 13.8 Å². The van der Waals surface area contributed by atoms with E-state index in [1.54, 1.807) is 0 Å². The third-order valence-corrected chi connectivity index (χ3v) is 3.49. The van der Waals surface area contributed by atoms with E-state index in [1.807, 2.05) is 13.1 Å². The number of rotatable bonds is 3. The number of nitrogens with two attached hydrogens (primary N) is 1. The van der Waals surface area contributed by atoms with Crippen molar-refractivity contribution in [3.63, 3.8) is 0 Å². The molecule has 94 valence electrons. The average molecular weight is 233 g/mol. The fraction of sp³-hybridized carbons (Fsp3) is 0.643. The lowest BCUT2D eigenvalue weighted by atomic mass is 10.0. The Hall–Kier alpha value is -1.09. The zero-order chi connectivity index (χ0) is 12.4. The number of hydrogen-bond donors (Lipinski definition) is 1. The summed E-state index contributed by atoms with van der Waals surface area (Å²) in [6.45, 7) is 8.98. The van der Waals surface area contributed by atoms with Crippen LogP contribution < -0.4 is 5.73 Å². The number of likely N-dealkylation sites (tertiary alicyclic amines) is 1. The summed E-state index contributed by atoms with van der Waals surface area (Å²) in [4.78, 5) is 6.87. The molecular formula is C14H23N3. The summed E-state index contributed by atoms with van der Waals surface area (Å²) in [7, 11) is 0. The fourth-order valence-electron chi connectivity index (χ4n) is 2.68. The Bertz CT molecular complexity index is 387. The first-order chi connectivity index (χ1) is 8.08. The second-order valence-electron chi connectivity index (χ2n) is 5.52. The minimum atomic E-state index is 0.546. The van der Waals surface area contributed by atoms with Crippen LogP contribution in [0, 0.1) is 12.8 Å². The van der Waals surface area contributed by atoms with E-state index in [0.29, 0.717) is 11.9 Å². The van der Waals surface area contributed by atoms with Gasteiger partial charge in [0.25, 0.3) is 0 Å². The van der Waals surface area contributed by atoms with Crippen LogP contribution in [-0.4, -0.2) is 23.0 Å². The number of aromatic nitrogens is 1. The molecule has 0 bridgehead atoms. The minimum Gasteiger partial charge on any atom is -0.383 e. The Morgan fingerprint density at radius 3 is 2.94 bits per heavy atom. The van der Waals surface area contributed by atoms with E-state index < -0.39 is 0 Å².